The van der Waals surface area contributed by atoms with Gasteiger partial charge in [-0.1, -0.05) is 41.9 Å². The van der Waals surface area contributed by atoms with Gasteiger partial charge >= 0.3 is 0 Å². The molecule has 246 valence electrons. The molecule has 0 bridgehead atoms. The monoisotopic (exact) mass is 746 g/mol. The number of ether oxygens (including phenoxy) is 4. The van der Waals surface area contributed by atoms with Gasteiger partial charge < -0.3 is 18.9 Å². The van der Waals surface area contributed by atoms with Crippen LogP contribution in [0.4, 0.5) is 11.4 Å². The van der Waals surface area contributed by atoms with Crippen molar-refractivity contribution in [2.75, 3.05) is 32.2 Å². The number of anilines is 1. The number of rotatable bonds is 14. The van der Waals surface area contributed by atoms with E-state index < -0.39 is 38.0 Å². The number of hydrogen-bond donors (Lipinski definition) is 1. The highest BCUT2D eigenvalue weighted by atomic mass is 79.9. The van der Waals surface area contributed by atoms with Gasteiger partial charge in [0.2, 0.25) is 0 Å². The zero-order valence-electron chi connectivity index (χ0n) is 25.2. The molecular formula is C31H28BrClN4O9S. The molecule has 1 amide bonds. The lowest BCUT2D eigenvalue weighted by Gasteiger charge is -2.25. The number of para-hydroxylation sites is 1. The van der Waals surface area contributed by atoms with Gasteiger partial charge in [0.1, 0.15) is 24.7 Å². The lowest BCUT2D eigenvalue weighted by molar-refractivity contribution is -0.387. The summed E-state index contributed by atoms with van der Waals surface area (Å²) in [6.45, 7) is -0.626. The van der Waals surface area contributed by atoms with E-state index in [4.69, 9.17) is 30.5 Å². The zero-order valence-corrected chi connectivity index (χ0v) is 28.3. The molecule has 0 heterocycles. The van der Waals surface area contributed by atoms with Crippen molar-refractivity contribution < 1.29 is 37.1 Å². The van der Waals surface area contributed by atoms with Crippen LogP contribution in [0.2, 0.25) is 5.02 Å². The maximum absolute atomic E-state index is 13.9. The van der Waals surface area contributed by atoms with Crippen LogP contribution < -0.4 is 28.7 Å². The largest absolute Gasteiger partial charge is 0.497 e. The molecular weight excluding hydrogens is 720 g/mol. The van der Waals surface area contributed by atoms with Crippen LogP contribution in [-0.2, 0) is 21.4 Å². The molecule has 0 aromatic heterocycles. The number of amides is 1. The molecule has 0 saturated heterocycles. The third kappa shape index (κ3) is 8.30. The van der Waals surface area contributed by atoms with Gasteiger partial charge in [-0.3, -0.25) is 19.2 Å². The Labute approximate surface area is 284 Å². The van der Waals surface area contributed by atoms with E-state index in [1.807, 2.05) is 18.2 Å². The number of methoxy groups -OCH3 is 3. The first kappa shape index (κ1) is 35.0. The molecule has 0 fully saturated rings. The van der Waals surface area contributed by atoms with Crippen LogP contribution in [0.5, 0.6) is 23.0 Å². The van der Waals surface area contributed by atoms with E-state index in [0.29, 0.717) is 36.6 Å². The van der Waals surface area contributed by atoms with Crippen molar-refractivity contribution in [3.05, 3.63) is 110 Å². The van der Waals surface area contributed by atoms with E-state index in [1.165, 1.54) is 57.9 Å². The maximum atomic E-state index is 13.9. The Bertz CT molecular complexity index is 1930. The van der Waals surface area contributed by atoms with E-state index in [0.717, 1.165) is 17.7 Å². The molecule has 0 radical (unpaired) electrons. The molecule has 47 heavy (non-hydrogen) atoms. The molecule has 0 atom stereocenters. The molecule has 0 unspecified atom stereocenters. The topological polar surface area (TPSA) is 159 Å². The van der Waals surface area contributed by atoms with Crippen LogP contribution in [0.1, 0.15) is 11.1 Å². The Hall–Kier alpha value is -4.86. The number of hydrogen-bond acceptors (Lipinski definition) is 10. The van der Waals surface area contributed by atoms with Crippen LogP contribution >= 0.6 is 27.5 Å². The minimum absolute atomic E-state index is 0.0385. The molecule has 4 rings (SSSR count). The molecule has 16 heteroatoms. The Morgan fingerprint density at radius 3 is 2.38 bits per heavy atom. The summed E-state index contributed by atoms with van der Waals surface area (Å²) in [4.78, 5) is 23.4. The summed E-state index contributed by atoms with van der Waals surface area (Å²) in [5, 5.41) is 16.2. The summed E-state index contributed by atoms with van der Waals surface area (Å²) < 4.78 is 51.0. The predicted molar refractivity (Wildman–Crippen MR) is 179 cm³/mol. The number of halogens is 2. The number of nitro groups is 1. The van der Waals surface area contributed by atoms with Gasteiger partial charge in [-0.15, -0.1) is 0 Å². The van der Waals surface area contributed by atoms with Crippen LogP contribution in [0, 0.1) is 10.1 Å². The Morgan fingerprint density at radius 2 is 1.70 bits per heavy atom. The number of nitrogens with zero attached hydrogens (tertiary/aromatic N) is 3. The summed E-state index contributed by atoms with van der Waals surface area (Å²) in [7, 11) is -0.507. The highest BCUT2D eigenvalue weighted by Gasteiger charge is 2.34. The maximum Gasteiger partial charge on any atom is 0.289 e. The fourth-order valence-corrected chi connectivity index (χ4v) is 6.66. The summed E-state index contributed by atoms with van der Waals surface area (Å²) in [6, 6.07) is 19.6. The van der Waals surface area contributed by atoms with Crippen molar-refractivity contribution in [2.24, 2.45) is 5.10 Å². The third-order valence-electron chi connectivity index (χ3n) is 6.56. The van der Waals surface area contributed by atoms with Gasteiger partial charge in [0.05, 0.1) is 42.6 Å². The number of carbonyl (C=O) groups is 1. The van der Waals surface area contributed by atoms with E-state index in [-0.39, 0.29) is 18.0 Å². The quantitative estimate of drug-likeness (QED) is 0.0933. The lowest BCUT2D eigenvalue weighted by Crippen LogP contribution is -2.40. The highest BCUT2D eigenvalue weighted by Crippen LogP contribution is 2.38. The summed E-state index contributed by atoms with van der Waals surface area (Å²) >= 11 is 9.70. The van der Waals surface area contributed by atoms with E-state index in [1.54, 1.807) is 18.2 Å². The molecule has 4 aromatic rings. The van der Waals surface area contributed by atoms with E-state index in [2.05, 4.69) is 26.5 Å². The van der Waals surface area contributed by atoms with E-state index in [9.17, 15) is 23.3 Å². The fourth-order valence-electron chi connectivity index (χ4n) is 4.30. The van der Waals surface area contributed by atoms with Gasteiger partial charge in [-0.05, 0) is 57.9 Å². The average molecular weight is 748 g/mol. The highest BCUT2D eigenvalue weighted by molar-refractivity contribution is 9.10. The third-order valence-corrected chi connectivity index (χ3v) is 9.32. The van der Waals surface area contributed by atoms with Gasteiger partial charge in [0, 0.05) is 22.7 Å². The number of hydrazone groups is 1. The first-order valence-corrected chi connectivity index (χ1v) is 16.1. The minimum atomic E-state index is -4.69. The van der Waals surface area contributed by atoms with E-state index >= 15 is 0 Å². The van der Waals surface area contributed by atoms with Gasteiger partial charge in [-0.2, -0.15) is 5.10 Å². The zero-order chi connectivity index (χ0) is 34.1. The van der Waals surface area contributed by atoms with Crippen molar-refractivity contribution in [3.8, 4) is 23.0 Å². The molecule has 13 nitrogen and oxygen atoms in total. The predicted octanol–water partition coefficient (Wildman–Crippen LogP) is 5.96. The Kier molecular flexibility index (Phi) is 11.6. The molecule has 1 N–H and O–H groups in total. The second-order valence-electron chi connectivity index (χ2n) is 9.48. The Morgan fingerprint density at radius 1 is 1.00 bits per heavy atom. The van der Waals surface area contributed by atoms with Gasteiger partial charge in [0.25, 0.3) is 21.6 Å². The van der Waals surface area contributed by atoms with Crippen LogP contribution in [0.25, 0.3) is 0 Å². The van der Waals surface area contributed by atoms with Crippen molar-refractivity contribution in [1.29, 1.82) is 0 Å². The number of nitro benzene ring substituents is 1. The number of carbonyl (C=O) groups excluding carboxylic acids is 1. The van der Waals surface area contributed by atoms with Crippen molar-refractivity contribution in [2.45, 2.75) is 11.5 Å². The Balaban J connectivity index is 1.59. The van der Waals surface area contributed by atoms with Crippen molar-refractivity contribution in [3.63, 3.8) is 0 Å². The van der Waals surface area contributed by atoms with Gasteiger partial charge in [-0.25, -0.2) is 13.8 Å². The van der Waals surface area contributed by atoms with Crippen LogP contribution in [0.3, 0.4) is 0 Å². The molecule has 0 spiro atoms. The standard InChI is InChI=1S/C31H28BrClN4O9S/c1-43-22-12-13-25(27(16-22)44-2)36(47(41,42)29-11-7-6-10-26(29)37(39)40)18-30(38)35-34-17-20-14-23(32)31(28(15-20)45-3)46-19-21-8-4-5-9-24(21)33/h4-17H,18-19H2,1-3H3,(H,35,38)/b34-17-. The smallest absolute Gasteiger partial charge is 0.289 e. The van der Waals surface area contributed by atoms with Crippen LogP contribution in [0.15, 0.2) is 93.3 Å². The molecule has 0 aliphatic rings. The fraction of sp³-hybridized carbons (Fsp3) is 0.161. The second-order valence-corrected chi connectivity index (χ2v) is 12.6. The SMILES string of the molecule is COc1ccc(N(CC(=O)N/N=C\c2cc(Br)c(OCc3ccccc3Cl)c(OC)c2)S(=O)(=O)c2ccccc2[N+](=O)[O-])c(OC)c1. The lowest BCUT2D eigenvalue weighted by atomic mass is 10.2. The second kappa shape index (κ2) is 15.6. The number of nitrogens with one attached hydrogen (secondary N) is 1. The van der Waals surface area contributed by atoms with Crippen LogP contribution in [-0.4, -0.2) is 53.3 Å². The minimum Gasteiger partial charge on any atom is -0.497 e. The normalized spacial score (nSPS) is 11.2. The number of benzene rings is 4. The summed E-state index contributed by atoms with van der Waals surface area (Å²) in [5.74, 6) is 0.318. The number of sulfonamides is 1. The summed E-state index contributed by atoms with van der Waals surface area (Å²) in [6.07, 6.45) is 1.32. The van der Waals surface area contributed by atoms with Gasteiger partial charge in [0.15, 0.2) is 16.4 Å². The van der Waals surface area contributed by atoms with Crippen molar-refractivity contribution in [1.82, 2.24) is 5.43 Å². The molecule has 0 aliphatic heterocycles. The molecule has 4 aromatic carbocycles. The first-order valence-electron chi connectivity index (χ1n) is 13.5. The first-order chi connectivity index (χ1) is 22.5. The summed E-state index contributed by atoms with van der Waals surface area (Å²) in [5.41, 5.74) is 2.85. The molecule has 0 saturated carbocycles. The molecule has 0 aliphatic carbocycles. The average Bonchev–Trinajstić information content (AvgIpc) is 3.06. The van der Waals surface area contributed by atoms with Crippen molar-refractivity contribution >= 4 is 61.1 Å².